The van der Waals surface area contributed by atoms with Gasteiger partial charge in [-0.05, 0) is 0 Å². The molecular formula is C19H19BF4Se. The monoisotopic (exact) mass is 414 g/mol. The molecule has 25 heavy (non-hydrogen) atoms. The van der Waals surface area contributed by atoms with Gasteiger partial charge in [-0.3, -0.25) is 0 Å². The first-order valence-corrected chi connectivity index (χ1v) is 9.56. The van der Waals surface area contributed by atoms with E-state index >= 15 is 0 Å². The van der Waals surface area contributed by atoms with Gasteiger partial charge in [0.15, 0.2) is 0 Å². The van der Waals surface area contributed by atoms with E-state index in [-0.39, 0.29) is 5.41 Å². The van der Waals surface area contributed by atoms with Gasteiger partial charge in [0.2, 0.25) is 0 Å². The zero-order valence-electron chi connectivity index (χ0n) is 14.3. The van der Waals surface area contributed by atoms with E-state index in [4.69, 9.17) is 0 Å². The molecule has 0 spiro atoms. The minimum Gasteiger partial charge on any atom is -0.418 e. The molecule has 0 atom stereocenters. The average molecular weight is 413 g/mol. The van der Waals surface area contributed by atoms with Crippen molar-refractivity contribution in [2.45, 2.75) is 26.2 Å². The summed E-state index contributed by atoms with van der Waals surface area (Å²) in [6.07, 6.45) is 0. The molecule has 3 rings (SSSR count). The summed E-state index contributed by atoms with van der Waals surface area (Å²) >= 11 is 0.397. The molecule has 0 unspecified atom stereocenters. The number of hydrogen-bond acceptors (Lipinski definition) is 0. The van der Waals surface area contributed by atoms with Crippen LogP contribution >= 0.6 is 0 Å². The Morgan fingerprint density at radius 2 is 1.32 bits per heavy atom. The third kappa shape index (κ3) is 5.98. The third-order valence-electron chi connectivity index (χ3n) is 3.48. The van der Waals surface area contributed by atoms with E-state index < -0.39 is 7.25 Å². The van der Waals surface area contributed by atoms with Crippen LogP contribution in [-0.4, -0.2) is 21.8 Å². The topological polar surface area (TPSA) is 0 Å². The SMILES string of the molecule is CC(C)(C)c1cc2ccccc2c(-c2ccccc2)[se+]1.F[B-](F)(F)F. The molecule has 0 radical (unpaired) electrons. The molecule has 1 heterocycles. The fourth-order valence-electron chi connectivity index (χ4n) is 2.34. The first-order chi connectivity index (χ1) is 11.6. The van der Waals surface area contributed by atoms with E-state index in [0.29, 0.717) is 14.5 Å². The fourth-order valence-corrected chi connectivity index (χ4v) is 4.99. The molecule has 0 aliphatic carbocycles. The van der Waals surface area contributed by atoms with Crippen molar-refractivity contribution in [3.8, 4) is 10.0 Å². The minimum absolute atomic E-state index is 0.244. The summed E-state index contributed by atoms with van der Waals surface area (Å²) in [5.74, 6) is 0. The first-order valence-electron chi connectivity index (χ1n) is 7.85. The van der Waals surface area contributed by atoms with Gasteiger partial charge in [0, 0.05) is 0 Å². The van der Waals surface area contributed by atoms with Gasteiger partial charge in [-0.2, -0.15) is 0 Å². The van der Waals surface area contributed by atoms with Crippen LogP contribution in [0.2, 0.25) is 0 Å². The smallest absolute Gasteiger partial charge is 0.418 e. The molecule has 2 aromatic carbocycles. The number of hydrogen-bond donors (Lipinski definition) is 0. The molecule has 6 heteroatoms. The Morgan fingerprint density at radius 1 is 0.800 bits per heavy atom. The summed E-state index contributed by atoms with van der Waals surface area (Å²) in [6.45, 7) is 6.95. The minimum atomic E-state index is -6.00. The normalized spacial score (nSPS) is 11.8. The van der Waals surface area contributed by atoms with E-state index in [9.17, 15) is 17.3 Å². The number of benzene rings is 2. The summed E-state index contributed by atoms with van der Waals surface area (Å²) < 4.78 is 42.1. The van der Waals surface area contributed by atoms with Gasteiger partial charge in [-0.15, -0.1) is 0 Å². The third-order valence-corrected chi connectivity index (χ3v) is 6.86. The van der Waals surface area contributed by atoms with Crippen LogP contribution in [0, 0.1) is 0 Å². The molecule has 0 amide bonds. The molecule has 0 saturated heterocycles. The van der Waals surface area contributed by atoms with Crippen molar-refractivity contribution >= 4 is 32.5 Å². The summed E-state index contributed by atoms with van der Waals surface area (Å²) in [5, 5.41) is 2.77. The largest absolute Gasteiger partial charge is 0.673 e. The second-order valence-electron chi connectivity index (χ2n) is 6.64. The zero-order chi connectivity index (χ0) is 18.7. The molecule has 0 saturated carbocycles. The van der Waals surface area contributed by atoms with Crippen LogP contribution in [0.1, 0.15) is 25.2 Å². The Balaban J connectivity index is 0.000000399. The van der Waals surface area contributed by atoms with Crippen LogP contribution in [0.25, 0.3) is 20.8 Å². The van der Waals surface area contributed by atoms with Gasteiger partial charge >= 0.3 is 134 Å². The van der Waals surface area contributed by atoms with Crippen molar-refractivity contribution < 1.29 is 17.3 Å². The Bertz CT molecular complexity index is 833. The van der Waals surface area contributed by atoms with Crippen molar-refractivity contribution in [1.29, 1.82) is 0 Å². The van der Waals surface area contributed by atoms with E-state index in [2.05, 4.69) is 81.4 Å². The fraction of sp³-hybridized carbons (Fsp3) is 0.211. The molecule has 0 N–H and O–H groups in total. The summed E-state index contributed by atoms with van der Waals surface area (Å²) in [7, 11) is -6.00. The Labute approximate surface area is 151 Å². The Morgan fingerprint density at radius 3 is 1.88 bits per heavy atom. The molecule has 0 aliphatic heterocycles. The molecular weight excluding hydrogens is 394 g/mol. The second-order valence-corrected chi connectivity index (χ2v) is 8.85. The molecule has 132 valence electrons. The summed E-state index contributed by atoms with van der Waals surface area (Å²) in [6, 6.07) is 22.0. The maximum Gasteiger partial charge on any atom is 0.673 e. The van der Waals surface area contributed by atoms with Crippen molar-refractivity contribution in [1.82, 2.24) is 0 Å². The van der Waals surface area contributed by atoms with Crippen LogP contribution in [0.3, 0.4) is 0 Å². The predicted octanol–water partition coefficient (Wildman–Crippen LogP) is 6.44. The van der Waals surface area contributed by atoms with Crippen molar-refractivity contribution in [3.63, 3.8) is 0 Å². The molecule has 0 bridgehead atoms. The van der Waals surface area contributed by atoms with Crippen molar-refractivity contribution in [2.75, 3.05) is 0 Å². The van der Waals surface area contributed by atoms with Gasteiger partial charge < -0.3 is 17.3 Å². The van der Waals surface area contributed by atoms with Gasteiger partial charge in [0.25, 0.3) is 0 Å². The standard InChI is InChI=1S/C19H19Se.BF4/c1-19(2,3)17-13-15-11-7-8-12-16(15)18(20-17)14-9-5-4-6-10-14;2-1(3,4)5/h4-13H,1-3H3;/q+1;-1. The van der Waals surface area contributed by atoms with Gasteiger partial charge in [0.05, 0.1) is 0 Å². The molecule has 3 aromatic rings. The molecule has 0 fully saturated rings. The Hall–Kier alpha value is -1.65. The van der Waals surface area contributed by atoms with Crippen molar-refractivity contribution in [2.24, 2.45) is 0 Å². The van der Waals surface area contributed by atoms with E-state index in [1.54, 1.807) is 4.44 Å². The number of halogens is 4. The second kappa shape index (κ2) is 7.71. The molecule has 0 aliphatic rings. The summed E-state index contributed by atoms with van der Waals surface area (Å²) in [5.41, 5.74) is 1.61. The predicted molar refractivity (Wildman–Crippen MR) is 99.6 cm³/mol. The van der Waals surface area contributed by atoms with Gasteiger partial charge in [-0.25, -0.2) is 0 Å². The van der Waals surface area contributed by atoms with E-state index in [0.717, 1.165) is 0 Å². The van der Waals surface area contributed by atoms with Crippen LogP contribution in [0.4, 0.5) is 17.3 Å². The first kappa shape index (κ1) is 19.7. The van der Waals surface area contributed by atoms with Gasteiger partial charge in [-0.1, -0.05) is 0 Å². The zero-order valence-corrected chi connectivity index (χ0v) is 16.0. The van der Waals surface area contributed by atoms with Crippen molar-refractivity contribution in [3.05, 3.63) is 65.1 Å². The van der Waals surface area contributed by atoms with Crippen LogP contribution in [-0.2, 0) is 5.41 Å². The number of fused-ring (bicyclic) bond motifs is 1. The number of rotatable bonds is 1. The van der Waals surface area contributed by atoms with Crippen LogP contribution < -0.4 is 0 Å². The average Bonchev–Trinajstić information content (AvgIpc) is 2.52. The van der Waals surface area contributed by atoms with Crippen LogP contribution in [0.5, 0.6) is 0 Å². The summed E-state index contributed by atoms with van der Waals surface area (Å²) in [4.78, 5) is 0. The quantitative estimate of drug-likeness (QED) is 0.318. The Kier molecular flexibility index (Phi) is 6.07. The van der Waals surface area contributed by atoms with Gasteiger partial charge in [0.1, 0.15) is 0 Å². The molecule has 0 nitrogen and oxygen atoms in total. The maximum absolute atomic E-state index is 9.75. The maximum atomic E-state index is 9.75. The van der Waals surface area contributed by atoms with Crippen LogP contribution in [0.15, 0.2) is 60.7 Å². The van der Waals surface area contributed by atoms with E-state index in [1.165, 1.54) is 20.8 Å². The van der Waals surface area contributed by atoms with E-state index in [1.807, 2.05) is 0 Å². The molecule has 1 aromatic heterocycles.